The van der Waals surface area contributed by atoms with Crippen molar-refractivity contribution in [2.24, 2.45) is 11.8 Å². The van der Waals surface area contributed by atoms with Crippen LogP contribution in [0.15, 0.2) is 58.7 Å². The number of esters is 3. The average molecular weight is 1070 g/mol. The quantitative estimate of drug-likeness (QED) is 0.0674. The van der Waals surface area contributed by atoms with E-state index in [9.17, 15) is 55.2 Å². The van der Waals surface area contributed by atoms with Gasteiger partial charge in [-0.1, -0.05) is 86.9 Å². The number of benzene rings is 1. The number of phenolic OH excluding ortho intramolecular Hbond substituents is 2. The number of hydrogen-bond acceptors (Lipinski definition) is 19. The first-order valence-corrected chi connectivity index (χ1v) is 25.1. The molecule has 73 heavy (non-hydrogen) atoms. The van der Waals surface area contributed by atoms with Crippen LogP contribution < -0.4 is 0 Å². The number of aliphatic hydroxyl groups excluding tert-OH is 6. The van der Waals surface area contributed by atoms with Crippen molar-refractivity contribution in [2.45, 2.75) is 180 Å². The van der Waals surface area contributed by atoms with E-state index in [1.807, 2.05) is 6.92 Å². The molecule has 0 spiro atoms. The van der Waals surface area contributed by atoms with Crippen LogP contribution in [0.3, 0.4) is 0 Å². The van der Waals surface area contributed by atoms with Crippen LogP contribution in [-0.4, -0.2) is 164 Å². The van der Waals surface area contributed by atoms with Crippen molar-refractivity contribution in [3.05, 3.63) is 79.9 Å². The number of aromatic hydroxyl groups is 2. The van der Waals surface area contributed by atoms with Gasteiger partial charge in [0, 0.05) is 19.4 Å². The zero-order valence-electron chi connectivity index (χ0n) is 43.2. The van der Waals surface area contributed by atoms with Crippen LogP contribution >= 0.6 is 23.2 Å². The fourth-order valence-electron chi connectivity index (χ4n) is 8.59. The van der Waals surface area contributed by atoms with E-state index >= 15 is 0 Å². The summed E-state index contributed by atoms with van der Waals surface area (Å²) in [5.74, 6) is -5.06. The number of phenols is 2. The fraction of sp³-hybridized carbons (Fsp3) is 0.635. The maximum atomic E-state index is 14.0. The summed E-state index contributed by atoms with van der Waals surface area (Å²) < 4.78 is 47.3. The van der Waals surface area contributed by atoms with E-state index in [-0.39, 0.29) is 35.4 Å². The van der Waals surface area contributed by atoms with E-state index in [2.05, 4.69) is 0 Å². The van der Waals surface area contributed by atoms with Crippen LogP contribution in [0.25, 0.3) is 0 Å². The molecule has 1 aromatic carbocycles. The Balaban J connectivity index is 1.63. The summed E-state index contributed by atoms with van der Waals surface area (Å²) in [5.41, 5.74) is -0.368. The van der Waals surface area contributed by atoms with Crippen LogP contribution in [0.2, 0.25) is 10.0 Å². The maximum Gasteiger partial charge on any atom is 0.342 e. The molecule has 410 valence electrons. The van der Waals surface area contributed by atoms with E-state index in [0.717, 1.165) is 0 Å². The molecule has 3 aliphatic rings. The van der Waals surface area contributed by atoms with Gasteiger partial charge in [-0.15, -0.1) is 0 Å². The minimum absolute atomic E-state index is 0.00887. The number of hydrogen-bond donors (Lipinski definition) is 8. The molecule has 0 unspecified atom stereocenters. The highest BCUT2D eigenvalue weighted by Gasteiger charge is 2.53. The van der Waals surface area contributed by atoms with Crippen LogP contribution in [0.1, 0.15) is 104 Å². The predicted molar refractivity (Wildman–Crippen MR) is 267 cm³/mol. The molecule has 2 fully saturated rings. The van der Waals surface area contributed by atoms with Crippen molar-refractivity contribution in [2.75, 3.05) is 20.3 Å². The number of aliphatic hydroxyl groups is 6. The second-order valence-corrected chi connectivity index (χ2v) is 20.1. The van der Waals surface area contributed by atoms with Gasteiger partial charge in [-0.25, -0.2) is 9.59 Å². The second-order valence-electron chi connectivity index (χ2n) is 19.4. The molecule has 0 amide bonds. The highest BCUT2D eigenvalue weighted by Crippen LogP contribution is 2.45. The summed E-state index contributed by atoms with van der Waals surface area (Å²) >= 11 is 12.3. The number of ether oxygens (including phenoxy) is 8. The maximum absolute atomic E-state index is 14.0. The first-order valence-electron chi connectivity index (χ1n) is 24.3. The van der Waals surface area contributed by atoms with Gasteiger partial charge in [0.1, 0.15) is 46.7 Å². The van der Waals surface area contributed by atoms with Gasteiger partial charge in [0.2, 0.25) is 0 Å². The van der Waals surface area contributed by atoms with Gasteiger partial charge in [-0.3, -0.25) is 4.79 Å². The highest BCUT2D eigenvalue weighted by atomic mass is 35.5. The van der Waals surface area contributed by atoms with Crippen molar-refractivity contribution >= 4 is 41.1 Å². The fourth-order valence-corrected chi connectivity index (χ4v) is 9.15. The SMILES string of the molecule is CCc1c(Cl)c(O)c(Cl)c(O)c1C(=O)O[C@H]1[C@H](O)[C@H](OC)[C@H](OC/C2=C\C=C\C[C@H](O)/C(C)=C/[C@H](CC)[C@@H](O[C@@H]3OC(C)(C)[C@@H](OC(=O)C(C)C)[C@H](O)[C@@H]3O)/C(CO)=C/C(C)=C/C[C@@H]([C@@H](C)O)OC2=O)O[C@@H]1C. The van der Waals surface area contributed by atoms with Crippen LogP contribution in [-0.2, 0) is 53.9 Å². The van der Waals surface area contributed by atoms with Crippen molar-refractivity contribution in [1.29, 1.82) is 0 Å². The smallest absolute Gasteiger partial charge is 0.342 e. The zero-order chi connectivity index (χ0) is 54.8. The Kier molecular flexibility index (Phi) is 23.0. The van der Waals surface area contributed by atoms with E-state index in [4.69, 9.17) is 61.1 Å². The van der Waals surface area contributed by atoms with Crippen LogP contribution in [0, 0.1) is 11.8 Å². The van der Waals surface area contributed by atoms with E-state index in [0.29, 0.717) is 23.1 Å². The number of carbonyl (C=O) groups excluding carboxylic acids is 3. The van der Waals surface area contributed by atoms with Gasteiger partial charge in [0.25, 0.3) is 0 Å². The molecule has 14 atom stereocenters. The lowest BCUT2D eigenvalue weighted by molar-refractivity contribution is -0.333. The molecule has 3 aliphatic heterocycles. The minimum Gasteiger partial charge on any atom is -0.505 e. The van der Waals surface area contributed by atoms with Gasteiger partial charge < -0.3 is 78.7 Å². The number of allylic oxidation sites excluding steroid dienone is 4. The Morgan fingerprint density at radius 1 is 0.932 bits per heavy atom. The summed E-state index contributed by atoms with van der Waals surface area (Å²) in [5, 5.41) is 87.4. The minimum atomic E-state index is -1.69. The highest BCUT2D eigenvalue weighted by molar-refractivity contribution is 6.39. The molecule has 21 heteroatoms. The van der Waals surface area contributed by atoms with Crippen molar-refractivity contribution < 1.29 is 93.1 Å². The van der Waals surface area contributed by atoms with E-state index in [1.54, 1.807) is 72.8 Å². The number of halogens is 2. The molecular formula is C52H74Cl2O19. The third-order valence-electron chi connectivity index (χ3n) is 13.0. The third-order valence-corrected chi connectivity index (χ3v) is 13.8. The molecule has 0 aromatic heterocycles. The molecule has 3 heterocycles. The summed E-state index contributed by atoms with van der Waals surface area (Å²) in [6, 6.07) is 0. The first kappa shape index (κ1) is 61.6. The number of rotatable bonds is 14. The van der Waals surface area contributed by atoms with Crippen LogP contribution in [0.5, 0.6) is 11.5 Å². The third kappa shape index (κ3) is 15.1. The van der Waals surface area contributed by atoms with Gasteiger partial charge in [-0.2, -0.15) is 0 Å². The second kappa shape index (κ2) is 27.2. The van der Waals surface area contributed by atoms with Crippen LogP contribution in [0.4, 0.5) is 0 Å². The average Bonchev–Trinajstić information content (AvgIpc) is 3.33. The molecule has 0 saturated carbocycles. The summed E-state index contributed by atoms with van der Waals surface area (Å²) in [6.07, 6.45) is -6.95. The van der Waals surface area contributed by atoms with E-state index < -0.39 is 150 Å². The van der Waals surface area contributed by atoms with Gasteiger partial charge in [0.05, 0.1) is 54.1 Å². The standard InChI is InChI=1S/C52H74Cl2O19/c1-12-29-21-26(6)33(57)17-15-14-16-30(23-67-51-45(66-11)42(62)43(28(8)68-51)70-49(65)35-32(13-2)36(53)39(59)37(54)38(35)58)48(64)69-34(27(7)56)19-18-25(5)20-31(22-55)44(29)71-50-41(61)40(60)46(52(9,10)73-50)72-47(63)24(3)4/h14-16,18,20-21,24,27-29,33-34,40-46,50-51,55-62H,12-13,17,19,22-23H2,1-11H3/b15-14+,25-18+,26-21+,30-16+,31-20+/t27-,28-,29+,33+,34+,40-,41+,42+,43-,44-,45+,46+,50-,51-/m1/s1. The number of carbonyl (C=O) groups is 3. The summed E-state index contributed by atoms with van der Waals surface area (Å²) in [4.78, 5) is 40.0. The Morgan fingerprint density at radius 2 is 1.60 bits per heavy atom. The largest absolute Gasteiger partial charge is 0.505 e. The van der Waals surface area contributed by atoms with Crippen molar-refractivity contribution in [1.82, 2.24) is 0 Å². The molecule has 0 radical (unpaired) electrons. The topological polar surface area (TPSA) is 287 Å². The molecule has 0 bridgehead atoms. The van der Waals surface area contributed by atoms with Crippen molar-refractivity contribution in [3.8, 4) is 11.5 Å². The zero-order valence-corrected chi connectivity index (χ0v) is 44.7. The van der Waals surface area contributed by atoms with Gasteiger partial charge in [-0.05, 0) is 83.6 Å². The molecule has 4 rings (SSSR count). The molecule has 0 aliphatic carbocycles. The number of cyclic esters (lactones) is 1. The lowest BCUT2D eigenvalue weighted by Crippen LogP contribution is -2.64. The number of methoxy groups -OCH3 is 1. The first-order chi connectivity index (χ1) is 34.2. The summed E-state index contributed by atoms with van der Waals surface area (Å²) in [6.45, 7) is 15.3. The Hall–Kier alpha value is -3.93. The normalized spacial score (nSPS) is 34.5. The summed E-state index contributed by atoms with van der Waals surface area (Å²) in [7, 11) is 1.25. The molecule has 19 nitrogen and oxygen atoms in total. The molecule has 8 N–H and O–H groups in total. The van der Waals surface area contributed by atoms with Gasteiger partial charge in [0.15, 0.2) is 36.3 Å². The lowest BCUT2D eigenvalue weighted by Gasteiger charge is -2.47. The predicted octanol–water partition coefficient (Wildman–Crippen LogP) is 5.21. The Morgan fingerprint density at radius 3 is 2.19 bits per heavy atom. The Labute approximate surface area is 436 Å². The molecular weight excluding hydrogens is 999 g/mol. The monoisotopic (exact) mass is 1070 g/mol. The van der Waals surface area contributed by atoms with Gasteiger partial charge >= 0.3 is 17.9 Å². The Bertz CT molecular complexity index is 2240. The lowest BCUT2D eigenvalue weighted by atomic mass is 9.87. The molecule has 1 aromatic rings. The van der Waals surface area contributed by atoms with Crippen molar-refractivity contribution in [3.63, 3.8) is 0 Å². The molecule has 2 saturated heterocycles. The van der Waals surface area contributed by atoms with E-state index in [1.165, 1.54) is 33.1 Å².